The van der Waals surface area contributed by atoms with E-state index in [9.17, 15) is 0 Å². The number of hydrogen-bond acceptors (Lipinski definition) is 3. The molecule has 0 saturated carbocycles. The lowest BCUT2D eigenvalue weighted by atomic mass is 10.0. The van der Waals surface area contributed by atoms with Gasteiger partial charge in [0.25, 0.3) is 0 Å². The van der Waals surface area contributed by atoms with Crippen molar-refractivity contribution in [2.24, 2.45) is 0 Å². The van der Waals surface area contributed by atoms with Crippen LogP contribution in [0.25, 0.3) is 0 Å². The van der Waals surface area contributed by atoms with E-state index in [2.05, 4.69) is 35.8 Å². The standard InChI is InChI=1S/C12H24N2S/c1-12(2)10-14(7-4-6-13-12)11-5-3-8-15-9-11/h11,13H,3-10H2,1-2H3. The van der Waals surface area contributed by atoms with Crippen molar-refractivity contribution in [1.82, 2.24) is 10.2 Å². The molecule has 1 N–H and O–H groups in total. The summed E-state index contributed by atoms with van der Waals surface area (Å²) in [5.41, 5.74) is 0.304. The molecule has 0 radical (unpaired) electrons. The summed E-state index contributed by atoms with van der Waals surface area (Å²) in [4.78, 5) is 2.73. The molecule has 3 heteroatoms. The number of nitrogens with one attached hydrogen (secondary N) is 1. The van der Waals surface area contributed by atoms with Gasteiger partial charge in [-0.2, -0.15) is 11.8 Å². The quantitative estimate of drug-likeness (QED) is 0.738. The second-order valence-electron chi connectivity index (χ2n) is 5.51. The van der Waals surface area contributed by atoms with E-state index in [0.717, 1.165) is 6.04 Å². The lowest BCUT2D eigenvalue weighted by Gasteiger charge is -2.37. The second kappa shape index (κ2) is 5.07. The van der Waals surface area contributed by atoms with Crippen molar-refractivity contribution >= 4 is 11.8 Å². The molecule has 0 bridgehead atoms. The molecule has 2 nitrogen and oxygen atoms in total. The maximum atomic E-state index is 3.64. The number of nitrogens with zero attached hydrogens (tertiary/aromatic N) is 1. The summed E-state index contributed by atoms with van der Waals surface area (Å²) in [5, 5.41) is 3.64. The van der Waals surface area contributed by atoms with Crippen molar-refractivity contribution in [2.45, 2.75) is 44.7 Å². The Bertz CT molecular complexity index is 200. The first-order valence-corrected chi connectivity index (χ1v) is 7.40. The fraction of sp³-hybridized carbons (Fsp3) is 1.00. The van der Waals surface area contributed by atoms with Crippen LogP contribution in [0, 0.1) is 0 Å². The molecule has 2 rings (SSSR count). The van der Waals surface area contributed by atoms with Crippen molar-refractivity contribution in [3.63, 3.8) is 0 Å². The Kier molecular flexibility index (Phi) is 3.97. The summed E-state index contributed by atoms with van der Waals surface area (Å²) >= 11 is 2.14. The highest BCUT2D eigenvalue weighted by atomic mass is 32.2. The molecule has 2 saturated heterocycles. The molecule has 0 aromatic heterocycles. The molecule has 2 heterocycles. The van der Waals surface area contributed by atoms with Crippen LogP contribution >= 0.6 is 11.8 Å². The Morgan fingerprint density at radius 2 is 2.20 bits per heavy atom. The SMILES string of the molecule is CC1(C)CN(C2CCCSC2)CCCN1. The van der Waals surface area contributed by atoms with Gasteiger partial charge in [0.05, 0.1) is 0 Å². The van der Waals surface area contributed by atoms with Crippen LogP contribution in [-0.2, 0) is 0 Å². The van der Waals surface area contributed by atoms with E-state index in [-0.39, 0.29) is 0 Å². The van der Waals surface area contributed by atoms with Gasteiger partial charge in [-0.25, -0.2) is 0 Å². The van der Waals surface area contributed by atoms with E-state index in [4.69, 9.17) is 0 Å². The van der Waals surface area contributed by atoms with Gasteiger partial charge < -0.3 is 5.32 Å². The van der Waals surface area contributed by atoms with Crippen LogP contribution in [0.4, 0.5) is 0 Å². The van der Waals surface area contributed by atoms with Crippen molar-refractivity contribution in [3.05, 3.63) is 0 Å². The smallest absolute Gasteiger partial charge is 0.0252 e. The molecule has 0 aromatic rings. The third kappa shape index (κ3) is 3.36. The minimum absolute atomic E-state index is 0.304. The average Bonchev–Trinajstić information content (AvgIpc) is 2.41. The van der Waals surface area contributed by atoms with Gasteiger partial charge in [0.2, 0.25) is 0 Å². The van der Waals surface area contributed by atoms with Crippen LogP contribution in [-0.4, -0.2) is 47.6 Å². The van der Waals surface area contributed by atoms with Crippen LogP contribution in [0.3, 0.4) is 0 Å². The van der Waals surface area contributed by atoms with Gasteiger partial charge in [0.1, 0.15) is 0 Å². The maximum absolute atomic E-state index is 3.64. The molecular formula is C12H24N2S. The maximum Gasteiger partial charge on any atom is 0.0252 e. The lowest BCUT2D eigenvalue weighted by molar-refractivity contribution is 0.172. The van der Waals surface area contributed by atoms with Crippen LogP contribution in [0.1, 0.15) is 33.1 Å². The molecule has 88 valence electrons. The largest absolute Gasteiger partial charge is 0.310 e. The van der Waals surface area contributed by atoms with E-state index in [1.54, 1.807) is 0 Å². The third-order valence-electron chi connectivity index (χ3n) is 3.48. The van der Waals surface area contributed by atoms with E-state index >= 15 is 0 Å². The average molecular weight is 228 g/mol. The third-order valence-corrected chi connectivity index (χ3v) is 4.67. The predicted octanol–water partition coefficient (Wildman–Crippen LogP) is 1.96. The van der Waals surface area contributed by atoms with Crippen LogP contribution in [0.2, 0.25) is 0 Å². The number of hydrogen-bond donors (Lipinski definition) is 1. The molecule has 2 aliphatic rings. The van der Waals surface area contributed by atoms with Crippen molar-refractivity contribution in [2.75, 3.05) is 31.1 Å². The van der Waals surface area contributed by atoms with E-state index in [1.165, 1.54) is 50.4 Å². The van der Waals surface area contributed by atoms with Crippen LogP contribution in [0.15, 0.2) is 0 Å². The molecule has 15 heavy (non-hydrogen) atoms. The minimum atomic E-state index is 0.304. The van der Waals surface area contributed by atoms with Crippen LogP contribution < -0.4 is 5.32 Å². The van der Waals surface area contributed by atoms with Gasteiger partial charge in [-0.15, -0.1) is 0 Å². The van der Waals surface area contributed by atoms with Gasteiger partial charge in [0, 0.05) is 23.9 Å². The molecule has 0 amide bonds. The van der Waals surface area contributed by atoms with Gasteiger partial charge in [0.15, 0.2) is 0 Å². The normalized spacial score (nSPS) is 33.6. The summed E-state index contributed by atoms with van der Waals surface area (Å²) < 4.78 is 0. The lowest BCUT2D eigenvalue weighted by Crippen LogP contribution is -2.50. The topological polar surface area (TPSA) is 15.3 Å². The van der Waals surface area contributed by atoms with Crippen molar-refractivity contribution in [3.8, 4) is 0 Å². The van der Waals surface area contributed by atoms with Gasteiger partial charge in [-0.3, -0.25) is 4.90 Å². The Balaban J connectivity index is 1.94. The Labute approximate surface area is 98.2 Å². The number of thioether (sulfide) groups is 1. The zero-order chi connectivity index (χ0) is 10.7. The summed E-state index contributed by atoms with van der Waals surface area (Å²) in [6.45, 7) is 8.37. The Hall–Kier alpha value is 0.270. The summed E-state index contributed by atoms with van der Waals surface area (Å²) in [5.74, 6) is 2.74. The monoisotopic (exact) mass is 228 g/mol. The summed E-state index contributed by atoms with van der Waals surface area (Å²) in [6, 6.07) is 0.850. The molecular weight excluding hydrogens is 204 g/mol. The predicted molar refractivity (Wildman–Crippen MR) is 68.6 cm³/mol. The van der Waals surface area contributed by atoms with E-state index < -0.39 is 0 Å². The highest BCUT2D eigenvalue weighted by Gasteiger charge is 2.29. The molecule has 1 atom stereocenters. The first-order chi connectivity index (χ1) is 7.17. The van der Waals surface area contributed by atoms with E-state index in [0.29, 0.717) is 5.54 Å². The highest BCUT2D eigenvalue weighted by Crippen LogP contribution is 2.24. The van der Waals surface area contributed by atoms with Gasteiger partial charge >= 0.3 is 0 Å². The van der Waals surface area contributed by atoms with Crippen molar-refractivity contribution in [1.29, 1.82) is 0 Å². The zero-order valence-electron chi connectivity index (χ0n) is 10.1. The molecule has 0 aromatic carbocycles. The number of rotatable bonds is 1. The fourth-order valence-electron chi connectivity index (χ4n) is 2.67. The highest BCUT2D eigenvalue weighted by molar-refractivity contribution is 7.99. The first-order valence-electron chi connectivity index (χ1n) is 6.24. The first kappa shape index (κ1) is 11.7. The van der Waals surface area contributed by atoms with Gasteiger partial charge in [-0.1, -0.05) is 0 Å². The summed E-state index contributed by atoms with van der Waals surface area (Å²) in [6.07, 6.45) is 4.15. The fourth-order valence-corrected chi connectivity index (χ4v) is 3.86. The Morgan fingerprint density at radius 3 is 2.93 bits per heavy atom. The molecule has 0 spiro atoms. The Morgan fingerprint density at radius 1 is 1.33 bits per heavy atom. The summed E-state index contributed by atoms with van der Waals surface area (Å²) in [7, 11) is 0. The van der Waals surface area contributed by atoms with Crippen LogP contribution in [0.5, 0.6) is 0 Å². The zero-order valence-corrected chi connectivity index (χ0v) is 10.9. The molecule has 0 aliphatic carbocycles. The molecule has 1 unspecified atom stereocenters. The second-order valence-corrected chi connectivity index (χ2v) is 6.66. The molecule has 2 fully saturated rings. The van der Waals surface area contributed by atoms with Crippen molar-refractivity contribution < 1.29 is 0 Å². The van der Waals surface area contributed by atoms with Gasteiger partial charge in [-0.05, 0) is 52.0 Å². The van der Waals surface area contributed by atoms with E-state index in [1.807, 2.05) is 0 Å². The minimum Gasteiger partial charge on any atom is -0.310 e. The molecule has 2 aliphatic heterocycles.